The molecule has 1 heterocycles. The van der Waals surface area contributed by atoms with Crippen LogP contribution in [0.1, 0.15) is 64.7 Å². The maximum Gasteiger partial charge on any atom is 0.161 e. The number of allylic oxidation sites excluding steroid dienone is 13. The number of aliphatic hydroxyl groups excluding tert-OH is 2. The zero-order valence-corrected chi connectivity index (χ0v) is 19.9. The summed E-state index contributed by atoms with van der Waals surface area (Å²) in [7, 11) is 0. The van der Waals surface area contributed by atoms with Crippen LogP contribution in [0.2, 0.25) is 0 Å². The van der Waals surface area contributed by atoms with E-state index >= 15 is 0 Å². The highest BCUT2D eigenvalue weighted by Gasteiger charge is 2.39. The van der Waals surface area contributed by atoms with E-state index in [0.717, 1.165) is 57.1 Å². The maximum atomic E-state index is 9.69. The minimum absolute atomic E-state index is 0.000812. The van der Waals surface area contributed by atoms with Crippen LogP contribution >= 0.6 is 0 Å². The van der Waals surface area contributed by atoms with Gasteiger partial charge in [0.2, 0.25) is 0 Å². The second-order valence-electron chi connectivity index (χ2n) is 8.39. The molecule has 4 N–H and O–H groups in total. The summed E-state index contributed by atoms with van der Waals surface area (Å²) in [5.74, 6) is -0.675. The predicted octanol–water partition coefficient (Wildman–Crippen LogP) is 5.88. The number of epoxide rings is 1. The van der Waals surface area contributed by atoms with Crippen LogP contribution in [0, 0.1) is 5.92 Å². The first-order valence-electron chi connectivity index (χ1n) is 12.2. The molecule has 2 aliphatic rings. The molecular weight excluding hydrogens is 414 g/mol. The molecule has 0 amide bonds. The molecule has 1 aliphatic heterocycles. The Labute approximate surface area is 199 Å². The van der Waals surface area contributed by atoms with Gasteiger partial charge in [-0.2, -0.15) is 0 Å². The second-order valence-corrected chi connectivity index (χ2v) is 8.39. The molecule has 0 aromatic heterocycles. The van der Waals surface area contributed by atoms with Crippen molar-refractivity contribution in [2.45, 2.75) is 83.3 Å². The van der Waals surface area contributed by atoms with Crippen LogP contribution in [0.5, 0.6) is 0 Å². The summed E-state index contributed by atoms with van der Waals surface area (Å²) in [6, 6.07) is 0. The van der Waals surface area contributed by atoms with E-state index in [1.54, 1.807) is 6.08 Å². The highest BCUT2D eigenvalue weighted by Crippen LogP contribution is 2.30. The molecule has 1 saturated heterocycles. The summed E-state index contributed by atoms with van der Waals surface area (Å²) in [6.45, 7) is 2.15. The van der Waals surface area contributed by atoms with Crippen molar-refractivity contribution in [1.82, 2.24) is 5.32 Å². The van der Waals surface area contributed by atoms with Crippen molar-refractivity contribution in [2.24, 2.45) is 5.92 Å². The van der Waals surface area contributed by atoms with E-state index in [4.69, 9.17) is 4.74 Å². The number of hydrogen-bond donors (Lipinski definition) is 4. The number of aliphatic hydroxyl groups is 3. The minimum atomic E-state index is -1.56. The van der Waals surface area contributed by atoms with Crippen molar-refractivity contribution < 1.29 is 20.1 Å². The van der Waals surface area contributed by atoms with Gasteiger partial charge in [-0.15, -0.1) is 0 Å². The molecule has 0 aromatic rings. The van der Waals surface area contributed by atoms with Gasteiger partial charge >= 0.3 is 0 Å². The van der Waals surface area contributed by atoms with Gasteiger partial charge in [0, 0.05) is 12.1 Å². The van der Waals surface area contributed by atoms with E-state index in [1.165, 1.54) is 6.08 Å². The lowest BCUT2D eigenvalue weighted by molar-refractivity contribution is -0.0824. The minimum Gasteiger partial charge on any atom is -0.512 e. The Hall–Kier alpha value is -2.34. The number of rotatable bonds is 16. The third-order valence-corrected chi connectivity index (χ3v) is 5.56. The fraction of sp³-hybridized carbons (Fsp3) is 0.500. The Bertz CT molecular complexity index is 758. The van der Waals surface area contributed by atoms with Gasteiger partial charge in [0.15, 0.2) is 12.5 Å². The van der Waals surface area contributed by atoms with E-state index in [9.17, 15) is 15.3 Å². The van der Waals surface area contributed by atoms with E-state index in [2.05, 4.69) is 73.0 Å². The Balaban J connectivity index is 1.45. The van der Waals surface area contributed by atoms with E-state index in [0.29, 0.717) is 6.42 Å². The highest BCUT2D eigenvalue weighted by molar-refractivity contribution is 5.23. The molecule has 1 aliphatic carbocycles. The average Bonchev–Trinajstić information content (AvgIpc) is 3.54. The standard InChI is InChI=1S/C28H41NO4/c1-2-3-4-5-6-7-8-9-10-11-12-13-14-15-16-17-18-19-26-27(33-26)29-23-20-21-25(30)24(22-23)28(31)32/h3-4,6-7,9-10,12-13,15-16,20-21,24,26-32H,2,5,8,11,14,17-19,22H2,1H3/b4-3-,7-6-,10-9-,13-12-,16-15-. The Morgan fingerprint density at radius 3 is 2.06 bits per heavy atom. The molecule has 5 nitrogen and oxygen atoms in total. The first kappa shape index (κ1) is 26.9. The van der Waals surface area contributed by atoms with Crippen molar-refractivity contribution >= 4 is 0 Å². The lowest BCUT2D eigenvalue weighted by atomic mass is 9.95. The van der Waals surface area contributed by atoms with Crippen LogP contribution in [0.3, 0.4) is 0 Å². The number of hydrogen-bond acceptors (Lipinski definition) is 5. The van der Waals surface area contributed by atoms with Gasteiger partial charge in [0.1, 0.15) is 11.9 Å². The number of ether oxygens (including phenoxy) is 1. The van der Waals surface area contributed by atoms with Crippen LogP contribution in [-0.4, -0.2) is 33.9 Å². The van der Waals surface area contributed by atoms with Gasteiger partial charge < -0.3 is 25.4 Å². The molecule has 2 rings (SSSR count). The molecule has 0 aromatic carbocycles. The predicted molar refractivity (Wildman–Crippen MR) is 135 cm³/mol. The molecule has 1 fully saturated rings. The van der Waals surface area contributed by atoms with Crippen molar-refractivity contribution in [3.05, 3.63) is 84.4 Å². The zero-order valence-electron chi connectivity index (χ0n) is 19.9. The summed E-state index contributed by atoms with van der Waals surface area (Å²) in [5.41, 5.74) is 0.858. The van der Waals surface area contributed by atoms with Gasteiger partial charge in [-0.25, -0.2) is 0 Å². The van der Waals surface area contributed by atoms with E-state index < -0.39 is 12.2 Å². The second kappa shape index (κ2) is 16.3. The normalized spacial score (nSPS) is 23.6. The lowest BCUT2D eigenvalue weighted by Crippen LogP contribution is -2.29. The first-order chi connectivity index (χ1) is 16.1. The monoisotopic (exact) mass is 455 g/mol. The molecular formula is C28H41NO4. The lowest BCUT2D eigenvalue weighted by Gasteiger charge is -2.23. The van der Waals surface area contributed by atoms with Crippen molar-refractivity contribution in [3.63, 3.8) is 0 Å². The summed E-state index contributed by atoms with van der Waals surface area (Å²) in [4.78, 5) is 0. The molecule has 0 bridgehead atoms. The third kappa shape index (κ3) is 11.9. The smallest absolute Gasteiger partial charge is 0.161 e. The SMILES string of the molecule is CC/C=C\C/C=C\C/C=C\C/C=C\C/C=C\CCCC1OC1NC1=CC=C(O)C(C(O)O)C1. The summed E-state index contributed by atoms with van der Waals surface area (Å²) < 4.78 is 5.66. The molecule has 3 unspecified atom stereocenters. The summed E-state index contributed by atoms with van der Waals surface area (Å²) in [6.07, 6.45) is 32.5. The number of nitrogens with one attached hydrogen (secondary N) is 1. The fourth-order valence-corrected chi connectivity index (χ4v) is 3.56. The van der Waals surface area contributed by atoms with E-state index in [1.807, 2.05) is 0 Å². The molecule has 0 spiro atoms. The van der Waals surface area contributed by atoms with Crippen LogP contribution < -0.4 is 5.32 Å². The fourth-order valence-electron chi connectivity index (χ4n) is 3.56. The average molecular weight is 456 g/mol. The molecule has 182 valence electrons. The quantitative estimate of drug-likeness (QED) is 0.101. The molecule has 5 heteroatoms. The van der Waals surface area contributed by atoms with Gasteiger partial charge in [-0.1, -0.05) is 67.7 Å². The highest BCUT2D eigenvalue weighted by atomic mass is 16.6. The van der Waals surface area contributed by atoms with E-state index in [-0.39, 0.29) is 18.1 Å². The summed E-state index contributed by atoms with van der Waals surface area (Å²) in [5, 5.41) is 31.6. The Morgan fingerprint density at radius 1 is 0.909 bits per heavy atom. The molecule has 3 atom stereocenters. The van der Waals surface area contributed by atoms with Gasteiger partial charge in [0.05, 0.1) is 5.92 Å². The third-order valence-electron chi connectivity index (χ3n) is 5.56. The summed E-state index contributed by atoms with van der Waals surface area (Å²) >= 11 is 0. The van der Waals surface area contributed by atoms with Gasteiger partial charge in [-0.3, -0.25) is 0 Å². The van der Waals surface area contributed by atoms with Crippen molar-refractivity contribution in [2.75, 3.05) is 0 Å². The Morgan fingerprint density at radius 2 is 1.48 bits per heavy atom. The van der Waals surface area contributed by atoms with Crippen molar-refractivity contribution in [3.8, 4) is 0 Å². The first-order valence-corrected chi connectivity index (χ1v) is 12.2. The Kier molecular flexibility index (Phi) is 13.3. The largest absolute Gasteiger partial charge is 0.512 e. The molecule has 0 radical (unpaired) electrons. The zero-order chi connectivity index (χ0) is 23.7. The van der Waals surface area contributed by atoms with Gasteiger partial charge in [0.25, 0.3) is 0 Å². The van der Waals surface area contributed by atoms with Crippen LogP contribution in [0.4, 0.5) is 0 Å². The molecule has 33 heavy (non-hydrogen) atoms. The van der Waals surface area contributed by atoms with Crippen LogP contribution in [0.25, 0.3) is 0 Å². The maximum absolute atomic E-state index is 9.69. The topological polar surface area (TPSA) is 85.2 Å². The molecule has 0 saturated carbocycles. The van der Waals surface area contributed by atoms with Crippen molar-refractivity contribution in [1.29, 1.82) is 0 Å². The van der Waals surface area contributed by atoms with Crippen LogP contribution in [-0.2, 0) is 4.74 Å². The van der Waals surface area contributed by atoms with Gasteiger partial charge in [-0.05, 0) is 63.5 Å². The number of unbranched alkanes of at least 4 members (excludes halogenated alkanes) is 1. The van der Waals surface area contributed by atoms with Crippen LogP contribution in [0.15, 0.2) is 84.4 Å².